The van der Waals surface area contributed by atoms with Crippen molar-refractivity contribution in [2.75, 3.05) is 18.0 Å². The predicted octanol–water partition coefficient (Wildman–Crippen LogP) is 3.36. The van der Waals surface area contributed by atoms with Gasteiger partial charge in [0.1, 0.15) is 5.82 Å². The smallest absolute Gasteiger partial charge is 0.146 e. The Balaban J connectivity index is 2.19. The van der Waals surface area contributed by atoms with E-state index in [4.69, 9.17) is 0 Å². The molecule has 1 aliphatic rings. The van der Waals surface area contributed by atoms with Gasteiger partial charge in [-0.3, -0.25) is 0 Å². The van der Waals surface area contributed by atoms with E-state index in [0.29, 0.717) is 23.1 Å². The molecule has 3 atom stereocenters. The molecule has 0 bridgehead atoms. The number of aliphatic hydroxyl groups excluding tert-OH is 1. The summed E-state index contributed by atoms with van der Waals surface area (Å²) in [7, 11) is 0. The molecule has 1 aliphatic heterocycles. The number of piperidine rings is 1. The lowest BCUT2D eigenvalue weighted by Gasteiger charge is -2.37. The SMILES string of the molecule is CC1CCN(c2ccc([C@H](C)O)cc2F)CC1C. The quantitative estimate of drug-likeness (QED) is 0.871. The minimum Gasteiger partial charge on any atom is -0.389 e. The lowest BCUT2D eigenvalue weighted by molar-refractivity contribution is 0.199. The molecular formula is C15H22FNO. The van der Waals surface area contributed by atoms with Crippen molar-refractivity contribution in [3.63, 3.8) is 0 Å². The summed E-state index contributed by atoms with van der Waals surface area (Å²) in [6.45, 7) is 7.95. The monoisotopic (exact) mass is 251 g/mol. The van der Waals surface area contributed by atoms with Gasteiger partial charge in [0.15, 0.2) is 0 Å². The molecule has 1 aromatic rings. The third-order valence-electron chi connectivity index (χ3n) is 4.13. The minimum atomic E-state index is -0.617. The molecule has 2 nitrogen and oxygen atoms in total. The molecule has 0 aromatic heterocycles. The molecule has 0 spiro atoms. The Morgan fingerprint density at radius 1 is 1.33 bits per heavy atom. The summed E-state index contributed by atoms with van der Waals surface area (Å²) in [5, 5.41) is 9.45. The van der Waals surface area contributed by atoms with Crippen LogP contribution in [-0.4, -0.2) is 18.2 Å². The first-order chi connectivity index (χ1) is 8.49. The molecular weight excluding hydrogens is 229 g/mol. The summed E-state index contributed by atoms with van der Waals surface area (Å²) < 4.78 is 14.1. The number of nitrogens with zero attached hydrogens (tertiary/aromatic N) is 1. The van der Waals surface area contributed by atoms with Gasteiger partial charge in [-0.05, 0) is 42.9 Å². The highest BCUT2D eigenvalue weighted by molar-refractivity contribution is 5.50. The topological polar surface area (TPSA) is 23.5 Å². The number of halogens is 1. The predicted molar refractivity (Wildman–Crippen MR) is 72.2 cm³/mol. The van der Waals surface area contributed by atoms with Crippen LogP contribution < -0.4 is 4.90 Å². The van der Waals surface area contributed by atoms with Crippen LogP contribution in [0.5, 0.6) is 0 Å². The van der Waals surface area contributed by atoms with E-state index >= 15 is 0 Å². The zero-order valence-electron chi connectivity index (χ0n) is 11.4. The summed E-state index contributed by atoms with van der Waals surface area (Å²) in [6.07, 6.45) is 0.493. The highest BCUT2D eigenvalue weighted by atomic mass is 19.1. The normalized spacial score (nSPS) is 26.2. The van der Waals surface area contributed by atoms with Crippen LogP contribution in [-0.2, 0) is 0 Å². The van der Waals surface area contributed by atoms with Gasteiger partial charge in [0.25, 0.3) is 0 Å². The van der Waals surface area contributed by atoms with Crippen molar-refractivity contribution < 1.29 is 9.50 Å². The molecule has 1 fully saturated rings. The molecule has 1 N–H and O–H groups in total. The standard InChI is InChI=1S/C15H22FNO/c1-10-6-7-17(9-11(10)2)15-5-4-13(12(3)18)8-14(15)16/h4-5,8,10-12,18H,6-7,9H2,1-3H3/t10?,11?,12-/m0/s1. The van der Waals surface area contributed by atoms with Crippen molar-refractivity contribution in [3.05, 3.63) is 29.6 Å². The zero-order valence-corrected chi connectivity index (χ0v) is 11.4. The Labute approximate surface area is 108 Å². The van der Waals surface area contributed by atoms with Crippen LogP contribution in [0.25, 0.3) is 0 Å². The van der Waals surface area contributed by atoms with E-state index in [1.807, 2.05) is 6.07 Å². The van der Waals surface area contributed by atoms with E-state index in [1.54, 1.807) is 13.0 Å². The van der Waals surface area contributed by atoms with Crippen molar-refractivity contribution in [2.24, 2.45) is 11.8 Å². The molecule has 100 valence electrons. The molecule has 0 saturated carbocycles. The maximum atomic E-state index is 14.1. The molecule has 2 rings (SSSR count). The van der Waals surface area contributed by atoms with Crippen molar-refractivity contribution in [3.8, 4) is 0 Å². The van der Waals surface area contributed by atoms with Crippen LogP contribution >= 0.6 is 0 Å². The van der Waals surface area contributed by atoms with Gasteiger partial charge in [-0.15, -0.1) is 0 Å². The minimum absolute atomic E-state index is 0.227. The first-order valence-electron chi connectivity index (χ1n) is 6.71. The maximum absolute atomic E-state index is 14.1. The van der Waals surface area contributed by atoms with E-state index < -0.39 is 6.10 Å². The van der Waals surface area contributed by atoms with Gasteiger partial charge in [-0.1, -0.05) is 19.9 Å². The van der Waals surface area contributed by atoms with Crippen molar-refractivity contribution in [2.45, 2.75) is 33.3 Å². The van der Waals surface area contributed by atoms with Gasteiger partial charge in [0.05, 0.1) is 11.8 Å². The second-order valence-electron chi connectivity index (χ2n) is 5.58. The zero-order chi connectivity index (χ0) is 13.3. The molecule has 3 heteroatoms. The van der Waals surface area contributed by atoms with Crippen LogP contribution in [0.15, 0.2) is 18.2 Å². The number of aliphatic hydroxyl groups is 1. The summed E-state index contributed by atoms with van der Waals surface area (Å²) in [6, 6.07) is 5.05. The molecule has 1 heterocycles. The van der Waals surface area contributed by atoms with Crippen molar-refractivity contribution >= 4 is 5.69 Å². The largest absolute Gasteiger partial charge is 0.389 e. The number of hydrogen-bond acceptors (Lipinski definition) is 2. The first-order valence-corrected chi connectivity index (χ1v) is 6.71. The fourth-order valence-electron chi connectivity index (χ4n) is 2.52. The lowest BCUT2D eigenvalue weighted by atomic mass is 9.88. The Morgan fingerprint density at radius 2 is 2.06 bits per heavy atom. The van der Waals surface area contributed by atoms with Gasteiger partial charge in [0, 0.05) is 13.1 Å². The molecule has 0 radical (unpaired) electrons. The van der Waals surface area contributed by atoms with Crippen LogP contribution in [0, 0.1) is 17.7 Å². The highest BCUT2D eigenvalue weighted by Gasteiger charge is 2.24. The van der Waals surface area contributed by atoms with Crippen LogP contribution in [0.4, 0.5) is 10.1 Å². The third kappa shape index (κ3) is 2.66. The summed E-state index contributed by atoms with van der Waals surface area (Å²) in [4.78, 5) is 2.12. The maximum Gasteiger partial charge on any atom is 0.146 e. The number of hydrogen-bond donors (Lipinski definition) is 1. The van der Waals surface area contributed by atoms with E-state index in [9.17, 15) is 9.50 Å². The van der Waals surface area contributed by atoms with Crippen LogP contribution in [0.2, 0.25) is 0 Å². The van der Waals surface area contributed by atoms with Gasteiger partial charge >= 0.3 is 0 Å². The summed E-state index contributed by atoms with van der Waals surface area (Å²) in [5.41, 5.74) is 1.30. The summed E-state index contributed by atoms with van der Waals surface area (Å²) >= 11 is 0. The van der Waals surface area contributed by atoms with Crippen LogP contribution in [0.1, 0.15) is 38.9 Å². The van der Waals surface area contributed by atoms with Gasteiger partial charge < -0.3 is 10.0 Å². The summed E-state index contributed by atoms with van der Waals surface area (Å²) in [5.74, 6) is 1.07. The van der Waals surface area contributed by atoms with Crippen molar-refractivity contribution in [1.82, 2.24) is 0 Å². The molecule has 2 unspecified atom stereocenters. The molecule has 18 heavy (non-hydrogen) atoms. The van der Waals surface area contributed by atoms with Crippen LogP contribution in [0.3, 0.4) is 0 Å². The van der Waals surface area contributed by atoms with Gasteiger partial charge in [-0.25, -0.2) is 4.39 Å². The highest BCUT2D eigenvalue weighted by Crippen LogP contribution is 2.29. The average Bonchev–Trinajstić information content (AvgIpc) is 2.32. The average molecular weight is 251 g/mol. The first kappa shape index (κ1) is 13.3. The Kier molecular flexibility index (Phi) is 3.91. The fraction of sp³-hybridized carbons (Fsp3) is 0.600. The number of benzene rings is 1. The fourth-order valence-corrected chi connectivity index (χ4v) is 2.52. The van der Waals surface area contributed by atoms with E-state index in [0.717, 1.165) is 19.5 Å². The molecule has 0 aliphatic carbocycles. The van der Waals surface area contributed by atoms with Gasteiger partial charge in [0.2, 0.25) is 0 Å². The number of anilines is 1. The van der Waals surface area contributed by atoms with E-state index in [1.165, 1.54) is 6.07 Å². The lowest BCUT2D eigenvalue weighted by Crippen LogP contribution is -2.38. The Morgan fingerprint density at radius 3 is 2.61 bits per heavy atom. The Bertz CT molecular complexity index is 419. The Hall–Kier alpha value is -1.09. The third-order valence-corrected chi connectivity index (χ3v) is 4.13. The van der Waals surface area contributed by atoms with E-state index in [-0.39, 0.29) is 5.82 Å². The second kappa shape index (κ2) is 5.27. The molecule has 1 aromatic carbocycles. The second-order valence-corrected chi connectivity index (χ2v) is 5.58. The number of rotatable bonds is 2. The van der Waals surface area contributed by atoms with Gasteiger partial charge in [-0.2, -0.15) is 0 Å². The van der Waals surface area contributed by atoms with E-state index in [2.05, 4.69) is 18.7 Å². The molecule has 1 saturated heterocycles. The van der Waals surface area contributed by atoms with Crippen molar-refractivity contribution in [1.29, 1.82) is 0 Å². The molecule has 0 amide bonds.